The second-order valence-corrected chi connectivity index (χ2v) is 3.91. The summed E-state index contributed by atoms with van der Waals surface area (Å²) in [5.41, 5.74) is -0.477. The minimum atomic E-state index is -0.938. The standard InChI is InChI=1S/C14H6FN3O3/c15-12-3-1-10(6-13(12)18(19)20)14-4-2-11(21-14)5-9(7-16)8-17/h1-6H. The number of rotatable bonds is 3. The van der Waals surface area contributed by atoms with Crippen LogP contribution in [0.25, 0.3) is 17.4 Å². The van der Waals surface area contributed by atoms with Crippen molar-refractivity contribution in [2.75, 3.05) is 0 Å². The first-order valence-corrected chi connectivity index (χ1v) is 5.61. The van der Waals surface area contributed by atoms with Crippen LogP contribution >= 0.6 is 0 Å². The summed E-state index contributed by atoms with van der Waals surface area (Å²) in [5, 5.41) is 28.0. The minimum absolute atomic E-state index is 0.138. The molecule has 2 rings (SSSR count). The van der Waals surface area contributed by atoms with Crippen LogP contribution in [0.1, 0.15) is 5.76 Å². The lowest BCUT2D eigenvalue weighted by molar-refractivity contribution is -0.387. The monoisotopic (exact) mass is 283 g/mol. The van der Waals surface area contributed by atoms with Crippen molar-refractivity contribution in [3.63, 3.8) is 0 Å². The zero-order chi connectivity index (χ0) is 15.4. The highest BCUT2D eigenvalue weighted by atomic mass is 19.1. The molecule has 0 aliphatic carbocycles. The van der Waals surface area contributed by atoms with Crippen LogP contribution in [0, 0.1) is 38.6 Å². The van der Waals surface area contributed by atoms with Crippen LogP contribution in [0.4, 0.5) is 10.1 Å². The first-order valence-electron chi connectivity index (χ1n) is 5.61. The molecule has 102 valence electrons. The van der Waals surface area contributed by atoms with Gasteiger partial charge in [-0.2, -0.15) is 14.9 Å². The second kappa shape index (κ2) is 5.68. The minimum Gasteiger partial charge on any atom is -0.457 e. The predicted octanol–water partition coefficient (Wildman–Crippen LogP) is 3.42. The zero-order valence-corrected chi connectivity index (χ0v) is 10.4. The number of nitriles is 2. The molecule has 0 fully saturated rings. The molecule has 0 aliphatic heterocycles. The van der Waals surface area contributed by atoms with Gasteiger partial charge in [0.2, 0.25) is 5.82 Å². The summed E-state index contributed by atoms with van der Waals surface area (Å²) in [4.78, 5) is 9.86. The number of nitro groups is 1. The lowest BCUT2D eigenvalue weighted by Gasteiger charge is -1.98. The molecule has 0 N–H and O–H groups in total. The van der Waals surface area contributed by atoms with Crippen molar-refractivity contribution in [1.82, 2.24) is 0 Å². The maximum Gasteiger partial charge on any atom is 0.305 e. The number of nitrogens with zero attached hydrogens (tertiary/aromatic N) is 3. The van der Waals surface area contributed by atoms with E-state index in [1.165, 1.54) is 24.3 Å². The van der Waals surface area contributed by atoms with Gasteiger partial charge >= 0.3 is 5.69 Å². The Morgan fingerprint density at radius 3 is 2.62 bits per heavy atom. The van der Waals surface area contributed by atoms with E-state index in [0.29, 0.717) is 5.56 Å². The number of halogens is 1. The molecule has 0 atom stereocenters. The van der Waals surface area contributed by atoms with Gasteiger partial charge in [0.25, 0.3) is 0 Å². The molecule has 0 amide bonds. The third kappa shape index (κ3) is 2.94. The van der Waals surface area contributed by atoms with Crippen molar-refractivity contribution in [3.05, 3.63) is 57.6 Å². The van der Waals surface area contributed by atoms with Gasteiger partial charge in [-0.1, -0.05) is 0 Å². The van der Waals surface area contributed by atoms with Gasteiger partial charge in [0.1, 0.15) is 29.2 Å². The fraction of sp³-hybridized carbons (Fsp3) is 0. The van der Waals surface area contributed by atoms with Crippen molar-refractivity contribution in [2.24, 2.45) is 0 Å². The van der Waals surface area contributed by atoms with Gasteiger partial charge in [-0.15, -0.1) is 0 Å². The average Bonchev–Trinajstić information content (AvgIpc) is 2.93. The van der Waals surface area contributed by atoms with Crippen LogP contribution in [0.5, 0.6) is 0 Å². The number of allylic oxidation sites excluding steroid dienone is 1. The van der Waals surface area contributed by atoms with E-state index in [1.807, 2.05) is 0 Å². The molecular weight excluding hydrogens is 277 g/mol. The molecule has 0 bridgehead atoms. The van der Waals surface area contributed by atoms with Crippen LogP contribution in [-0.4, -0.2) is 4.92 Å². The highest BCUT2D eigenvalue weighted by Gasteiger charge is 2.16. The molecule has 0 aliphatic rings. The average molecular weight is 283 g/mol. The number of hydrogen-bond donors (Lipinski definition) is 0. The summed E-state index contributed by atoms with van der Waals surface area (Å²) in [7, 11) is 0. The Morgan fingerprint density at radius 1 is 1.29 bits per heavy atom. The van der Waals surface area contributed by atoms with E-state index in [9.17, 15) is 14.5 Å². The Labute approximate surface area is 118 Å². The Bertz CT molecular complexity index is 809. The van der Waals surface area contributed by atoms with Crippen molar-refractivity contribution >= 4 is 11.8 Å². The molecule has 0 spiro atoms. The van der Waals surface area contributed by atoms with Crippen molar-refractivity contribution in [3.8, 4) is 23.5 Å². The molecule has 0 saturated heterocycles. The van der Waals surface area contributed by atoms with Crippen LogP contribution < -0.4 is 0 Å². The first kappa shape index (κ1) is 14.0. The normalized spacial score (nSPS) is 9.48. The number of furan rings is 1. The Balaban J connectivity index is 2.42. The topological polar surface area (TPSA) is 104 Å². The zero-order valence-electron chi connectivity index (χ0n) is 10.4. The quantitative estimate of drug-likeness (QED) is 0.487. The van der Waals surface area contributed by atoms with E-state index < -0.39 is 16.4 Å². The largest absolute Gasteiger partial charge is 0.457 e. The summed E-state index contributed by atoms with van der Waals surface area (Å²) >= 11 is 0. The van der Waals surface area contributed by atoms with Gasteiger partial charge < -0.3 is 4.42 Å². The van der Waals surface area contributed by atoms with Crippen molar-refractivity contribution < 1.29 is 13.7 Å². The highest BCUT2D eigenvalue weighted by Crippen LogP contribution is 2.28. The van der Waals surface area contributed by atoms with Gasteiger partial charge in [-0.3, -0.25) is 10.1 Å². The van der Waals surface area contributed by atoms with Gasteiger partial charge in [0.15, 0.2) is 0 Å². The van der Waals surface area contributed by atoms with Crippen LogP contribution in [0.3, 0.4) is 0 Å². The summed E-state index contributed by atoms with van der Waals surface area (Å²) in [5.74, 6) is -0.429. The molecular formula is C14H6FN3O3. The number of hydrogen-bond acceptors (Lipinski definition) is 5. The highest BCUT2D eigenvalue weighted by molar-refractivity contribution is 5.65. The predicted molar refractivity (Wildman–Crippen MR) is 70.0 cm³/mol. The van der Waals surface area contributed by atoms with E-state index in [1.54, 1.807) is 12.1 Å². The maximum atomic E-state index is 13.3. The molecule has 6 nitrogen and oxygen atoms in total. The van der Waals surface area contributed by atoms with Crippen molar-refractivity contribution in [1.29, 1.82) is 10.5 Å². The molecule has 1 heterocycles. The van der Waals surface area contributed by atoms with Crippen LogP contribution in [0.15, 0.2) is 40.3 Å². The van der Waals surface area contributed by atoms with Crippen LogP contribution in [-0.2, 0) is 0 Å². The molecule has 1 aromatic carbocycles. The summed E-state index contributed by atoms with van der Waals surface area (Å²) in [6.07, 6.45) is 1.24. The summed E-state index contributed by atoms with van der Waals surface area (Å²) in [6.45, 7) is 0. The van der Waals surface area contributed by atoms with E-state index >= 15 is 0 Å². The first-order chi connectivity index (χ1) is 10.0. The number of benzene rings is 1. The van der Waals surface area contributed by atoms with E-state index in [-0.39, 0.29) is 17.1 Å². The molecule has 0 saturated carbocycles. The molecule has 2 aromatic rings. The third-order valence-corrected chi connectivity index (χ3v) is 2.58. The SMILES string of the molecule is N#CC(C#N)=Cc1ccc(-c2ccc(F)c([N+](=O)[O-])c2)o1. The summed E-state index contributed by atoms with van der Waals surface area (Å²) in [6, 6.07) is 9.74. The molecule has 1 aromatic heterocycles. The smallest absolute Gasteiger partial charge is 0.305 e. The van der Waals surface area contributed by atoms with Crippen molar-refractivity contribution in [2.45, 2.75) is 0 Å². The lowest BCUT2D eigenvalue weighted by atomic mass is 10.1. The molecule has 7 heteroatoms. The van der Waals surface area contributed by atoms with E-state index in [4.69, 9.17) is 14.9 Å². The number of nitro benzene ring substituents is 1. The Hall–Kier alpha value is -3.45. The molecule has 21 heavy (non-hydrogen) atoms. The maximum absolute atomic E-state index is 13.3. The fourth-order valence-electron chi connectivity index (χ4n) is 1.62. The molecule has 0 radical (unpaired) electrons. The van der Waals surface area contributed by atoms with E-state index in [2.05, 4.69) is 0 Å². The summed E-state index contributed by atoms with van der Waals surface area (Å²) < 4.78 is 18.6. The second-order valence-electron chi connectivity index (χ2n) is 3.91. The lowest BCUT2D eigenvalue weighted by Crippen LogP contribution is -1.92. The molecule has 0 unspecified atom stereocenters. The fourth-order valence-corrected chi connectivity index (χ4v) is 1.62. The van der Waals surface area contributed by atoms with Gasteiger partial charge in [-0.05, 0) is 24.3 Å². The van der Waals surface area contributed by atoms with Gasteiger partial charge in [-0.25, -0.2) is 0 Å². The Morgan fingerprint density at radius 2 is 2.00 bits per heavy atom. The van der Waals surface area contributed by atoms with E-state index in [0.717, 1.165) is 12.1 Å². The van der Waals surface area contributed by atoms with Gasteiger partial charge in [0.05, 0.1) is 4.92 Å². The Kier molecular flexibility index (Phi) is 3.78. The van der Waals surface area contributed by atoms with Crippen LogP contribution in [0.2, 0.25) is 0 Å². The third-order valence-electron chi connectivity index (χ3n) is 2.58. The van der Waals surface area contributed by atoms with Gasteiger partial charge in [0, 0.05) is 17.7 Å².